The van der Waals surface area contributed by atoms with Crippen molar-refractivity contribution in [3.05, 3.63) is 29.3 Å². The summed E-state index contributed by atoms with van der Waals surface area (Å²) in [6, 6.07) is 3.38. The fourth-order valence-corrected chi connectivity index (χ4v) is 6.02. The quantitative estimate of drug-likeness (QED) is 0.388. The van der Waals surface area contributed by atoms with Crippen molar-refractivity contribution in [2.24, 2.45) is 23.7 Å². The van der Waals surface area contributed by atoms with Crippen LogP contribution in [0.1, 0.15) is 109 Å². The highest BCUT2D eigenvalue weighted by Gasteiger charge is 2.33. The van der Waals surface area contributed by atoms with Crippen LogP contribution in [-0.4, -0.2) is 6.61 Å². The van der Waals surface area contributed by atoms with Crippen LogP contribution in [0.4, 0.5) is 8.78 Å². The van der Waals surface area contributed by atoms with Crippen molar-refractivity contribution in [3.8, 4) is 5.75 Å². The molecule has 2 fully saturated rings. The molecule has 0 radical (unpaired) electrons. The summed E-state index contributed by atoms with van der Waals surface area (Å²) in [5.41, 5.74) is 0.555. The predicted molar refractivity (Wildman–Crippen MR) is 121 cm³/mol. The first-order valence-corrected chi connectivity index (χ1v) is 12.7. The molecule has 1 nitrogen and oxygen atoms in total. The summed E-state index contributed by atoms with van der Waals surface area (Å²) < 4.78 is 34.4. The van der Waals surface area contributed by atoms with E-state index in [-0.39, 0.29) is 11.7 Å². The third kappa shape index (κ3) is 5.77. The second-order valence-electron chi connectivity index (χ2n) is 10.0. The zero-order valence-corrected chi connectivity index (χ0v) is 19.4. The van der Waals surface area contributed by atoms with Gasteiger partial charge < -0.3 is 4.74 Å². The third-order valence-electron chi connectivity index (χ3n) is 8.09. The van der Waals surface area contributed by atoms with Crippen LogP contribution < -0.4 is 4.74 Å². The maximum absolute atomic E-state index is 14.7. The standard InChI is InChI=1S/C27H42F2O/c1-4-6-7-20-8-10-21(11-9-20)19(3)22-12-14-23(15-13-22)24-16-17-25(30-18-5-2)27(29)26(24)28/h16-17,19-23H,4-15,18H2,1-3H3/t19?,20?,21?,22-,23-. The third-order valence-corrected chi connectivity index (χ3v) is 8.09. The number of halogens is 2. The van der Waals surface area contributed by atoms with E-state index in [9.17, 15) is 8.78 Å². The summed E-state index contributed by atoms with van der Waals surface area (Å²) in [5, 5.41) is 0. The summed E-state index contributed by atoms with van der Waals surface area (Å²) in [5.74, 6) is 2.05. The van der Waals surface area contributed by atoms with Crippen LogP contribution in [0.25, 0.3) is 0 Å². The van der Waals surface area contributed by atoms with Gasteiger partial charge in [0.25, 0.3) is 0 Å². The minimum Gasteiger partial charge on any atom is -0.490 e. The largest absolute Gasteiger partial charge is 0.490 e. The van der Waals surface area contributed by atoms with Gasteiger partial charge in [0.2, 0.25) is 5.82 Å². The van der Waals surface area contributed by atoms with Crippen molar-refractivity contribution >= 4 is 0 Å². The molecule has 1 aromatic rings. The SMILES string of the molecule is CCCCC1CCC(C(C)[C@H]2CC[C@H](c3ccc(OCCC)c(F)c3F)CC2)CC1. The van der Waals surface area contributed by atoms with E-state index in [1.165, 1.54) is 44.9 Å². The molecule has 1 atom stereocenters. The fraction of sp³-hybridized carbons (Fsp3) is 0.778. The van der Waals surface area contributed by atoms with Crippen LogP contribution >= 0.6 is 0 Å². The lowest BCUT2D eigenvalue weighted by atomic mass is 9.66. The van der Waals surface area contributed by atoms with Gasteiger partial charge in [0.1, 0.15) is 0 Å². The maximum Gasteiger partial charge on any atom is 0.200 e. The van der Waals surface area contributed by atoms with Gasteiger partial charge in [-0.25, -0.2) is 4.39 Å². The van der Waals surface area contributed by atoms with Gasteiger partial charge in [-0.15, -0.1) is 0 Å². The van der Waals surface area contributed by atoms with Gasteiger partial charge in [0, 0.05) is 0 Å². The number of benzene rings is 1. The molecular weight excluding hydrogens is 378 g/mol. The first-order chi connectivity index (χ1) is 14.5. The highest BCUT2D eigenvalue weighted by atomic mass is 19.2. The van der Waals surface area contributed by atoms with E-state index in [0.29, 0.717) is 12.2 Å². The molecule has 3 rings (SSSR count). The molecule has 0 bridgehead atoms. The molecule has 0 spiro atoms. The zero-order valence-electron chi connectivity index (χ0n) is 19.4. The molecule has 0 saturated heterocycles. The molecule has 2 aliphatic carbocycles. The molecule has 1 aromatic carbocycles. The van der Waals surface area contributed by atoms with Crippen LogP contribution in [0.5, 0.6) is 5.75 Å². The molecular formula is C27H42F2O. The smallest absolute Gasteiger partial charge is 0.200 e. The van der Waals surface area contributed by atoms with Crippen LogP contribution in [0, 0.1) is 35.3 Å². The Labute approximate surface area is 183 Å². The summed E-state index contributed by atoms with van der Waals surface area (Å²) >= 11 is 0. The Balaban J connectivity index is 1.51. The van der Waals surface area contributed by atoms with Gasteiger partial charge in [-0.05, 0) is 86.2 Å². The van der Waals surface area contributed by atoms with E-state index < -0.39 is 11.6 Å². The number of rotatable bonds is 9. The van der Waals surface area contributed by atoms with E-state index in [2.05, 4.69) is 13.8 Å². The van der Waals surface area contributed by atoms with Crippen molar-refractivity contribution < 1.29 is 13.5 Å². The van der Waals surface area contributed by atoms with Crippen LogP contribution in [0.15, 0.2) is 12.1 Å². The van der Waals surface area contributed by atoms with E-state index in [1.807, 2.05) is 6.92 Å². The minimum absolute atomic E-state index is 0.0509. The molecule has 2 aliphatic rings. The van der Waals surface area contributed by atoms with Crippen molar-refractivity contribution in [2.45, 2.75) is 104 Å². The Kier molecular flexibility index (Phi) is 9.01. The van der Waals surface area contributed by atoms with Gasteiger partial charge >= 0.3 is 0 Å². The Morgan fingerprint density at radius 3 is 2.10 bits per heavy atom. The van der Waals surface area contributed by atoms with E-state index in [0.717, 1.165) is 55.8 Å². The molecule has 3 heteroatoms. The maximum atomic E-state index is 14.7. The summed E-state index contributed by atoms with van der Waals surface area (Å²) in [4.78, 5) is 0. The minimum atomic E-state index is -0.809. The van der Waals surface area contributed by atoms with Crippen LogP contribution in [0.3, 0.4) is 0 Å². The summed E-state index contributed by atoms with van der Waals surface area (Å²) in [6.45, 7) is 7.13. The molecule has 0 heterocycles. The van der Waals surface area contributed by atoms with Crippen molar-refractivity contribution in [2.75, 3.05) is 6.61 Å². The predicted octanol–water partition coefficient (Wildman–Crippen LogP) is 8.66. The van der Waals surface area contributed by atoms with E-state index >= 15 is 0 Å². The molecule has 0 N–H and O–H groups in total. The normalized spacial score (nSPS) is 28.3. The molecule has 170 valence electrons. The molecule has 2 saturated carbocycles. The highest BCUT2D eigenvalue weighted by molar-refractivity contribution is 5.33. The highest BCUT2D eigenvalue weighted by Crippen LogP contribution is 2.45. The Bertz CT molecular complexity index is 643. The zero-order chi connectivity index (χ0) is 21.5. The molecule has 30 heavy (non-hydrogen) atoms. The molecule has 0 aromatic heterocycles. The van der Waals surface area contributed by atoms with Crippen molar-refractivity contribution in [1.82, 2.24) is 0 Å². The Hall–Kier alpha value is -1.12. The number of hydrogen-bond acceptors (Lipinski definition) is 1. The first kappa shape index (κ1) is 23.5. The topological polar surface area (TPSA) is 9.23 Å². The van der Waals surface area contributed by atoms with Gasteiger partial charge in [-0.2, -0.15) is 4.39 Å². The Morgan fingerprint density at radius 1 is 0.867 bits per heavy atom. The molecule has 0 aliphatic heterocycles. The Morgan fingerprint density at radius 2 is 1.50 bits per heavy atom. The van der Waals surface area contributed by atoms with Crippen molar-refractivity contribution in [3.63, 3.8) is 0 Å². The first-order valence-electron chi connectivity index (χ1n) is 12.7. The van der Waals surface area contributed by atoms with Crippen LogP contribution in [-0.2, 0) is 0 Å². The molecule has 1 unspecified atom stereocenters. The summed E-state index contributed by atoms with van der Waals surface area (Å²) in [7, 11) is 0. The number of unbranched alkanes of at least 4 members (excludes halogenated alkanes) is 1. The monoisotopic (exact) mass is 420 g/mol. The average molecular weight is 421 g/mol. The lowest BCUT2D eigenvalue weighted by Crippen LogP contribution is -2.28. The summed E-state index contributed by atoms with van der Waals surface area (Å²) in [6.07, 6.45) is 14.8. The van der Waals surface area contributed by atoms with Gasteiger partial charge in [-0.1, -0.05) is 58.9 Å². The fourth-order valence-electron chi connectivity index (χ4n) is 6.02. The van der Waals surface area contributed by atoms with E-state index in [1.54, 1.807) is 12.1 Å². The van der Waals surface area contributed by atoms with Crippen molar-refractivity contribution in [1.29, 1.82) is 0 Å². The second-order valence-corrected chi connectivity index (χ2v) is 10.0. The van der Waals surface area contributed by atoms with Gasteiger partial charge in [0.05, 0.1) is 6.61 Å². The van der Waals surface area contributed by atoms with Gasteiger partial charge in [0.15, 0.2) is 11.6 Å². The second kappa shape index (κ2) is 11.5. The number of ether oxygens (including phenoxy) is 1. The number of hydrogen-bond donors (Lipinski definition) is 0. The van der Waals surface area contributed by atoms with Gasteiger partial charge in [-0.3, -0.25) is 0 Å². The average Bonchev–Trinajstić information content (AvgIpc) is 2.79. The lowest BCUT2D eigenvalue weighted by Gasteiger charge is -2.39. The van der Waals surface area contributed by atoms with E-state index in [4.69, 9.17) is 4.74 Å². The molecule has 0 amide bonds. The van der Waals surface area contributed by atoms with Crippen LogP contribution in [0.2, 0.25) is 0 Å². The lowest BCUT2D eigenvalue weighted by molar-refractivity contribution is 0.131.